The average molecular weight is 167 g/mol. The van der Waals surface area contributed by atoms with Gasteiger partial charge in [-0.05, 0) is 31.2 Å². The van der Waals surface area contributed by atoms with Gasteiger partial charge in [0.2, 0.25) is 0 Å². The Balaban J connectivity index is 2.34. The lowest BCUT2D eigenvalue weighted by Gasteiger charge is -2.28. The van der Waals surface area contributed by atoms with Crippen molar-refractivity contribution in [1.29, 1.82) is 0 Å². The van der Waals surface area contributed by atoms with E-state index < -0.39 is 0 Å². The number of nitrogens with one attached hydrogen (secondary N) is 1. The maximum Gasteiger partial charge on any atom is 0.123 e. The average Bonchev–Trinajstić information content (AvgIpc) is 1.93. The largest absolute Gasteiger partial charge is 0.508 e. The summed E-state index contributed by atoms with van der Waals surface area (Å²) in [4.78, 5) is 0. The van der Waals surface area contributed by atoms with Gasteiger partial charge in [0, 0.05) is 11.6 Å². The Morgan fingerprint density at radius 3 is 2.83 bits per heavy atom. The summed E-state index contributed by atoms with van der Waals surface area (Å²) in [5.74, 6) is -0.120. The molecule has 0 spiro atoms. The predicted octanol–water partition coefficient (Wildman–Crippen LogP) is 1.57. The second-order valence-corrected chi connectivity index (χ2v) is 3.00. The SMILES string of the molecule is Oc1ccc(F)cc1[C@H]1CCN1. The summed E-state index contributed by atoms with van der Waals surface area (Å²) in [7, 11) is 0. The smallest absolute Gasteiger partial charge is 0.123 e. The maximum absolute atomic E-state index is 12.7. The first-order valence-corrected chi connectivity index (χ1v) is 3.99. The van der Waals surface area contributed by atoms with Crippen LogP contribution in [0.4, 0.5) is 4.39 Å². The number of phenolic OH excluding ortho intramolecular Hbond substituents is 1. The highest BCUT2D eigenvalue weighted by Crippen LogP contribution is 2.30. The minimum absolute atomic E-state index is 0.140. The van der Waals surface area contributed by atoms with Crippen molar-refractivity contribution in [3.05, 3.63) is 29.6 Å². The fraction of sp³-hybridized carbons (Fsp3) is 0.333. The van der Waals surface area contributed by atoms with Crippen molar-refractivity contribution in [2.75, 3.05) is 6.54 Å². The molecular weight excluding hydrogens is 157 g/mol. The van der Waals surface area contributed by atoms with Crippen LogP contribution in [0.3, 0.4) is 0 Å². The summed E-state index contributed by atoms with van der Waals surface area (Å²) in [6, 6.07) is 4.18. The van der Waals surface area contributed by atoms with Gasteiger partial charge in [0.1, 0.15) is 11.6 Å². The third kappa shape index (κ3) is 1.16. The molecule has 1 aliphatic heterocycles. The standard InChI is InChI=1S/C9H10FNO/c10-6-1-2-9(12)7(5-6)8-3-4-11-8/h1-2,5,8,11-12H,3-4H2/t8-/m1/s1. The lowest BCUT2D eigenvalue weighted by atomic mass is 9.97. The molecule has 1 aliphatic rings. The van der Waals surface area contributed by atoms with Crippen LogP contribution >= 0.6 is 0 Å². The van der Waals surface area contributed by atoms with Crippen molar-refractivity contribution in [3.8, 4) is 5.75 Å². The zero-order valence-corrected chi connectivity index (χ0v) is 6.55. The number of halogens is 1. The van der Waals surface area contributed by atoms with Gasteiger partial charge in [-0.3, -0.25) is 0 Å². The summed E-state index contributed by atoms with van der Waals surface area (Å²) >= 11 is 0. The highest BCUT2D eigenvalue weighted by Gasteiger charge is 2.21. The summed E-state index contributed by atoms with van der Waals surface area (Å²) < 4.78 is 12.7. The van der Waals surface area contributed by atoms with Crippen molar-refractivity contribution in [1.82, 2.24) is 5.32 Å². The van der Waals surface area contributed by atoms with Crippen LogP contribution in [0.1, 0.15) is 18.0 Å². The van der Waals surface area contributed by atoms with E-state index in [0.717, 1.165) is 13.0 Å². The van der Waals surface area contributed by atoms with Gasteiger partial charge in [0.25, 0.3) is 0 Å². The molecule has 1 saturated heterocycles. The molecule has 0 aliphatic carbocycles. The Bertz CT molecular complexity index is 297. The van der Waals surface area contributed by atoms with Crippen molar-refractivity contribution < 1.29 is 9.50 Å². The second-order valence-electron chi connectivity index (χ2n) is 3.00. The van der Waals surface area contributed by atoms with Gasteiger partial charge >= 0.3 is 0 Å². The molecule has 2 nitrogen and oxygen atoms in total. The Labute approximate surface area is 70.0 Å². The van der Waals surface area contributed by atoms with E-state index in [1.165, 1.54) is 18.2 Å². The van der Waals surface area contributed by atoms with E-state index in [1.54, 1.807) is 0 Å². The fourth-order valence-corrected chi connectivity index (χ4v) is 1.36. The molecule has 0 bridgehead atoms. The van der Waals surface area contributed by atoms with E-state index in [2.05, 4.69) is 5.32 Å². The quantitative estimate of drug-likeness (QED) is 0.665. The normalized spacial score (nSPS) is 21.9. The molecule has 0 radical (unpaired) electrons. The van der Waals surface area contributed by atoms with E-state index >= 15 is 0 Å². The third-order valence-electron chi connectivity index (χ3n) is 2.19. The number of phenols is 1. The van der Waals surface area contributed by atoms with Crippen molar-refractivity contribution in [2.45, 2.75) is 12.5 Å². The van der Waals surface area contributed by atoms with Crippen LogP contribution in [0, 0.1) is 5.82 Å². The van der Waals surface area contributed by atoms with Crippen LogP contribution in [-0.4, -0.2) is 11.7 Å². The fourth-order valence-electron chi connectivity index (χ4n) is 1.36. The maximum atomic E-state index is 12.7. The van der Waals surface area contributed by atoms with Crippen molar-refractivity contribution in [2.24, 2.45) is 0 Å². The number of hydrogen-bond acceptors (Lipinski definition) is 2. The molecule has 2 rings (SSSR count). The molecule has 1 fully saturated rings. The second kappa shape index (κ2) is 2.75. The lowest BCUT2D eigenvalue weighted by molar-refractivity contribution is 0.362. The third-order valence-corrected chi connectivity index (χ3v) is 2.19. The molecule has 3 heteroatoms. The molecule has 0 amide bonds. The first kappa shape index (κ1) is 7.55. The van der Waals surface area contributed by atoms with E-state index in [9.17, 15) is 9.50 Å². The van der Waals surface area contributed by atoms with Gasteiger partial charge in [0.05, 0.1) is 0 Å². The van der Waals surface area contributed by atoms with Gasteiger partial charge in [-0.1, -0.05) is 0 Å². The highest BCUT2D eigenvalue weighted by atomic mass is 19.1. The Morgan fingerprint density at radius 1 is 1.50 bits per heavy atom. The number of hydrogen-bond donors (Lipinski definition) is 2. The van der Waals surface area contributed by atoms with Gasteiger partial charge in [0.15, 0.2) is 0 Å². The molecule has 0 unspecified atom stereocenters. The van der Waals surface area contributed by atoms with E-state index in [1.807, 2.05) is 0 Å². The van der Waals surface area contributed by atoms with Crippen LogP contribution in [0.5, 0.6) is 5.75 Å². The first-order chi connectivity index (χ1) is 5.77. The summed E-state index contributed by atoms with van der Waals surface area (Å²) in [6.07, 6.45) is 0.969. The molecule has 1 heterocycles. The van der Waals surface area contributed by atoms with Gasteiger partial charge in [-0.15, -0.1) is 0 Å². The van der Waals surface area contributed by atoms with Crippen molar-refractivity contribution >= 4 is 0 Å². The Morgan fingerprint density at radius 2 is 2.25 bits per heavy atom. The van der Waals surface area contributed by atoms with Crippen LogP contribution in [0.25, 0.3) is 0 Å². The molecule has 0 saturated carbocycles. The Hall–Kier alpha value is -1.09. The molecule has 12 heavy (non-hydrogen) atoms. The first-order valence-electron chi connectivity index (χ1n) is 3.99. The predicted molar refractivity (Wildman–Crippen MR) is 43.4 cm³/mol. The summed E-state index contributed by atoms with van der Waals surface area (Å²) in [6.45, 7) is 0.945. The lowest BCUT2D eigenvalue weighted by Crippen LogP contribution is -2.34. The number of rotatable bonds is 1. The molecule has 2 N–H and O–H groups in total. The Kier molecular flexibility index (Phi) is 1.73. The van der Waals surface area contributed by atoms with E-state index in [4.69, 9.17) is 0 Å². The number of aromatic hydroxyl groups is 1. The van der Waals surface area contributed by atoms with Gasteiger partial charge in [-0.2, -0.15) is 0 Å². The van der Waals surface area contributed by atoms with Crippen LogP contribution in [-0.2, 0) is 0 Å². The molecule has 1 aromatic carbocycles. The van der Waals surface area contributed by atoms with Crippen LogP contribution < -0.4 is 5.32 Å². The van der Waals surface area contributed by atoms with Crippen LogP contribution in [0.15, 0.2) is 18.2 Å². The van der Waals surface area contributed by atoms with E-state index in [0.29, 0.717) is 5.56 Å². The summed E-state index contributed by atoms with van der Waals surface area (Å²) in [5.41, 5.74) is 0.668. The van der Waals surface area contributed by atoms with Crippen molar-refractivity contribution in [3.63, 3.8) is 0 Å². The highest BCUT2D eigenvalue weighted by molar-refractivity contribution is 5.36. The van der Waals surface area contributed by atoms with Crippen LogP contribution in [0.2, 0.25) is 0 Å². The minimum Gasteiger partial charge on any atom is -0.508 e. The zero-order valence-electron chi connectivity index (χ0n) is 6.55. The minimum atomic E-state index is -0.295. The monoisotopic (exact) mass is 167 g/mol. The van der Waals surface area contributed by atoms with Gasteiger partial charge < -0.3 is 10.4 Å². The topological polar surface area (TPSA) is 32.3 Å². The van der Waals surface area contributed by atoms with E-state index in [-0.39, 0.29) is 17.6 Å². The molecule has 1 atom stereocenters. The molecule has 0 aromatic heterocycles. The number of benzene rings is 1. The summed E-state index contributed by atoms with van der Waals surface area (Å²) in [5, 5.41) is 12.5. The molecule has 1 aromatic rings. The molecular formula is C9H10FNO. The van der Waals surface area contributed by atoms with Gasteiger partial charge in [-0.25, -0.2) is 4.39 Å². The zero-order chi connectivity index (χ0) is 8.55. The molecule has 64 valence electrons.